The average Bonchev–Trinajstić information content (AvgIpc) is 2.85. The second kappa shape index (κ2) is 10.8. The Balaban J connectivity index is 1.23. The highest BCUT2D eigenvalue weighted by molar-refractivity contribution is 7.88. The monoisotopic (exact) mass is 483 g/mol. The first-order valence-electron chi connectivity index (χ1n) is 11.1. The minimum Gasteiger partial charge on any atom is -0.439 e. The van der Waals surface area contributed by atoms with E-state index in [4.69, 9.17) is 4.74 Å². The van der Waals surface area contributed by atoms with Crippen molar-refractivity contribution in [3.8, 4) is 11.6 Å². The van der Waals surface area contributed by atoms with Gasteiger partial charge >= 0.3 is 0 Å². The Bertz CT molecular complexity index is 1200. The maximum Gasteiger partial charge on any atom is 0.223 e. The Morgan fingerprint density at radius 1 is 1.00 bits per heavy atom. The van der Waals surface area contributed by atoms with E-state index in [1.807, 2.05) is 18.2 Å². The molecule has 0 aliphatic carbocycles. The summed E-state index contributed by atoms with van der Waals surface area (Å²) in [6, 6.07) is 18.2. The lowest BCUT2D eigenvalue weighted by atomic mass is 9.97. The van der Waals surface area contributed by atoms with E-state index in [1.165, 1.54) is 28.6 Å². The van der Waals surface area contributed by atoms with Crippen molar-refractivity contribution in [3.05, 3.63) is 89.9 Å². The molecular weight excluding hydrogens is 457 g/mol. The zero-order valence-corrected chi connectivity index (χ0v) is 19.4. The predicted molar refractivity (Wildman–Crippen MR) is 126 cm³/mol. The van der Waals surface area contributed by atoms with Gasteiger partial charge < -0.3 is 10.1 Å². The highest BCUT2D eigenvalue weighted by Gasteiger charge is 2.31. The number of hydrogen-bond donors (Lipinski definition) is 1. The third-order valence-corrected chi connectivity index (χ3v) is 7.56. The molecule has 3 aromatic rings. The van der Waals surface area contributed by atoms with Crippen LogP contribution < -0.4 is 10.1 Å². The fourth-order valence-corrected chi connectivity index (χ4v) is 5.37. The first-order valence-corrected chi connectivity index (χ1v) is 12.7. The van der Waals surface area contributed by atoms with E-state index in [1.54, 1.807) is 30.5 Å². The summed E-state index contributed by atoms with van der Waals surface area (Å²) in [5.41, 5.74) is 1.56. The van der Waals surface area contributed by atoms with Crippen molar-refractivity contribution in [2.75, 3.05) is 13.1 Å². The van der Waals surface area contributed by atoms with Crippen LogP contribution in [0.3, 0.4) is 0 Å². The van der Waals surface area contributed by atoms with Crippen molar-refractivity contribution in [1.29, 1.82) is 0 Å². The van der Waals surface area contributed by atoms with Crippen LogP contribution >= 0.6 is 0 Å². The lowest BCUT2D eigenvalue weighted by Gasteiger charge is -2.30. The number of benzene rings is 2. The molecule has 0 radical (unpaired) electrons. The largest absolute Gasteiger partial charge is 0.439 e. The third-order valence-electron chi connectivity index (χ3n) is 5.71. The minimum atomic E-state index is -3.41. The van der Waals surface area contributed by atoms with Gasteiger partial charge in [0.1, 0.15) is 11.6 Å². The van der Waals surface area contributed by atoms with Gasteiger partial charge in [0.05, 0.1) is 5.75 Å². The molecule has 9 heteroatoms. The SMILES string of the molecule is O=C(NCc1ccc(Oc2ccc(F)cc2)nc1)C1CCN(S(=O)(=O)Cc2ccccc2)CC1. The van der Waals surface area contributed by atoms with E-state index in [2.05, 4.69) is 10.3 Å². The van der Waals surface area contributed by atoms with Crippen molar-refractivity contribution in [1.82, 2.24) is 14.6 Å². The number of amides is 1. The Labute approximate surface area is 198 Å². The van der Waals surface area contributed by atoms with Crippen LogP contribution in [-0.4, -0.2) is 36.7 Å². The van der Waals surface area contributed by atoms with E-state index in [9.17, 15) is 17.6 Å². The van der Waals surface area contributed by atoms with Gasteiger partial charge in [0.25, 0.3) is 0 Å². The molecule has 0 unspecified atom stereocenters. The van der Waals surface area contributed by atoms with Gasteiger partial charge in [0, 0.05) is 37.8 Å². The first-order chi connectivity index (χ1) is 16.4. The number of sulfonamides is 1. The number of nitrogens with zero attached hydrogens (tertiary/aromatic N) is 2. The van der Waals surface area contributed by atoms with Gasteiger partial charge in [-0.15, -0.1) is 0 Å². The third kappa shape index (κ3) is 6.39. The average molecular weight is 484 g/mol. The number of halogens is 1. The Morgan fingerprint density at radius 2 is 1.71 bits per heavy atom. The number of ether oxygens (including phenoxy) is 1. The Hall–Kier alpha value is -3.30. The van der Waals surface area contributed by atoms with Crippen LogP contribution in [0.15, 0.2) is 72.9 Å². The lowest BCUT2D eigenvalue weighted by molar-refractivity contribution is -0.126. The van der Waals surface area contributed by atoms with Crippen LogP contribution in [0, 0.1) is 11.7 Å². The summed E-state index contributed by atoms with van der Waals surface area (Å²) in [5, 5.41) is 2.91. The molecule has 1 aromatic heterocycles. The maximum absolute atomic E-state index is 13.0. The predicted octanol–water partition coefficient (Wildman–Crippen LogP) is 3.87. The Kier molecular flexibility index (Phi) is 7.54. The summed E-state index contributed by atoms with van der Waals surface area (Å²) in [6.07, 6.45) is 2.59. The molecular formula is C25H26FN3O4S. The molecule has 0 saturated carbocycles. The van der Waals surface area contributed by atoms with Gasteiger partial charge in [-0.1, -0.05) is 36.4 Å². The van der Waals surface area contributed by atoms with Crippen LogP contribution in [0.1, 0.15) is 24.0 Å². The standard InChI is InChI=1S/C25H26FN3O4S/c26-22-7-9-23(10-8-22)33-24-11-6-20(16-27-24)17-28-25(30)21-12-14-29(15-13-21)34(31,32)18-19-4-2-1-3-5-19/h1-11,16,21H,12-15,17-18H2,(H,28,30). The highest BCUT2D eigenvalue weighted by atomic mass is 32.2. The molecule has 7 nitrogen and oxygen atoms in total. The molecule has 1 amide bonds. The molecule has 0 spiro atoms. The fourth-order valence-electron chi connectivity index (χ4n) is 3.81. The van der Waals surface area contributed by atoms with E-state index >= 15 is 0 Å². The minimum absolute atomic E-state index is 0.0292. The fraction of sp³-hybridized carbons (Fsp3) is 0.280. The number of pyridine rings is 1. The molecule has 178 valence electrons. The Morgan fingerprint density at radius 3 is 2.35 bits per heavy atom. The summed E-state index contributed by atoms with van der Waals surface area (Å²) in [7, 11) is -3.41. The van der Waals surface area contributed by atoms with E-state index in [0.717, 1.165) is 11.1 Å². The number of piperidine rings is 1. The van der Waals surface area contributed by atoms with Crippen LogP contribution in [0.2, 0.25) is 0 Å². The summed E-state index contributed by atoms with van der Waals surface area (Å²) < 4.78 is 45.4. The molecule has 4 rings (SSSR count). The van der Waals surface area contributed by atoms with Gasteiger partial charge in [-0.2, -0.15) is 0 Å². The summed E-state index contributed by atoms with van der Waals surface area (Å²) >= 11 is 0. The van der Waals surface area contributed by atoms with Gasteiger partial charge in [-0.25, -0.2) is 22.1 Å². The van der Waals surface area contributed by atoms with Crippen LogP contribution in [-0.2, 0) is 27.1 Å². The smallest absolute Gasteiger partial charge is 0.223 e. The van der Waals surface area contributed by atoms with Gasteiger partial charge in [-0.05, 0) is 48.2 Å². The van der Waals surface area contributed by atoms with Crippen molar-refractivity contribution >= 4 is 15.9 Å². The molecule has 1 saturated heterocycles. The topological polar surface area (TPSA) is 88.6 Å². The van der Waals surface area contributed by atoms with Crippen molar-refractivity contribution in [2.24, 2.45) is 5.92 Å². The zero-order valence-electron chi connectivity index (χ0n) is 18.6. The number of nitrogens with one attached hydrogen (secondary N) is 1. The molecule has 1 aliphatic rings. The maximum atomic E-state index is 13.0. The molecule has 2 aromatic carbocycles. The number of aromatic nitrogens is 1. The molecule has 1 aliphatic heterocycles. The van der Waals surface area contributed by atoms with E-state index < -0.39 is 10.0 Å². The first kappa shape index (κ1) is 23.8. The van der Waals surface area contributed by atoms with Crippen molar-refractivity contribution in [2.45, 2.75) is 25.1 Å². The molecule has 0 atom stereocenters. The van der Waals surface area contributed by atoms with Gasteiger partial charge in [0.15, 0.2) is 0 Å². The van der Waals surface area contributed by atoms with Crippen molar-refractivity contribution in [3.63, 3.8) is 0 Å². The zero-order chi connectivity index (χ0) is 24.0. The van der Waals surface area contributed by atoms with Crippen LogP contribution in [0.4, 0.5) is 4.39 Å². The number of carbonyl (C=O) groups excluding carboxylic acids is 1. The normalized spacial score (nSPS) is 15.1. The van der Waals surface area contributed by atoms with E-state index in [0.29, 0.717) is 44.1 Å². The molecule has 2 heterocycles. The van der Waals surface area contributed by atoms with Crippen LogP contribution in [0.5, 0.6) is 11.6 Å². The highest BCUT2D eigenvalue weighted by Crippen LogP contribution is 2.23. The lowest BCUT2D eigenvalue weighted by Crippen LogP contribution is -2.43. The second-order valence-electron chi connectivity index (χ2n) is 8.19. The number of hydrogen-bond acceptors (Lipinski definition) is 5. The summed E-state index contributed by atoms with van der Waals surface area (Å²) in [4.78, 5) is 16.8. The van der Waals surface area contributed by atoms with Gasteiger partial charge in [0.2, 0.25) is 21.8 Å². The molecule has 34 heavy (non-hydrogen) atoms. The van der Waals surface area contributed by atoms with Crippen LogP contribution in [0.25, 0.3) is 0 Å². The summed E-state index contributed by atoms with van der Waals surface area (Å²) in [6.45, 7) is 0.990. The number of carbonyl (C=O) groups is 1. The molecule has 1 fully saturated rings. The number of rotatable bonds is 8. The van der Waals surface area contributed by atoms with E-state index in [-0.39, 0.29) is 23.4 Å². The molecule has 1 N–H and O–H groups in total. The second-order valence-corrected chi connectivity index (χ2v) is 10.2. The quantitative estimate of drug-likeness (QED) is 0.526. The van der Waals surface area contributed by atoms with Gasteiger partial charge in [-0.3, -0.25) is 4.79 Å². The molecule has 0 bridgehead atoms. The van der Waals surface area contributed by atoms with Crippen molar-refractivity contribution < 1.29 is 22.3 Å². The summed E-state index contributed by atoms with van der Waals surface area (Å²) in [5.74, 6) is 0.158.